The van der Waals surface area contributed by atoms with Gasteiger partial charge >= 0.3 is 0 Å². The molecule has 2 aromatic carbocycles. The average molecular weight is 399 g/mol. The maximum Gasteiger partial charge on any atom is 0.255 e. The number of hydrogen-bond acceptors (Lipinski definition) is 3. The molecule has 2 aromatic heterocycles. The molecule has 4 aromatic rings. The quantitative estimate of drug-likeness (QED) is 0.451. The van der Waals surface area contributed by atoms with E-state index in [-0.39, 0.29) is 5.91 Å². The summed E-state index contributed by atoms with van der Waals surface area (Å²) in [5, 5.41) is 7.45. The molecule has 2 N–H and O–H groups in total. The summed E-state index contributed by atoms with van der Waals surface area (Å²) in [6, 6.07) is 17.6. The monoisotopic (exact) mass is 399 g/mol. The topological polar surface area (TPSA) is 75.6 Å². The first-order chi connectivity index (χ1) is 14.6. The van der Waals surface area contributed by atoms with Crippen LogP contribution in [0.25, 0.3) is 28.4 Å². The van der Waals surface area contributed by atoms with Crippen molar-refractivity contribution in [2.24, 2.45) is 5.92 Å². The third-order valence-electron chi connectivity index (χ3n) is 4.83. The number of aromatic nitrogens is 4. The van der Waals surface area contributed by atoms with Crippen molar-refractivity contribution in [2.75, 3.05) is 6.54 Å². The van der Waals surface area contributed by atoms with Crippen LogP contribution >= 0.6 is 0 Å². The summed E-state index contributed by atoms with van der Waals surface area (Å²) < 4.78 is 1.79. The molecule has 0 saturated heterocycles. The zero-order chi connectivity index (χ0) is 20.9. The van der Waals surface area contributed by atoms with E-state index in [9.17, 15) is 4.79 Å². The van der Waals surface area contributed by atoms with E-state index in [1.165, 1.54) is 0 Å². The summed E-state index contributed by atoms with van der Waals surface area (Å²) >= 11 is 0. The fourth-order valence-corrected chi connectivity index (χ4v) is 3.19. The van der Waals surface area contributed by atoms with Crippen molar-refractivity contribution in [3.05, 3.63) is 78.4 Å². The molecule has 0 bridgehead atoms. The first-order valence-electron chi connectivity index (χ1n) is 10.2. The van der Waals surface area contributed by atoms with Crippen molar-refractivity contribution in [1.29, 1.82) is 0 Å². The minimum atomic E-state index is -0.151. The summed E-state index contributed by atoms with van der Waals surface area (Å²) in [5.41, 5.74) is 4.00. The predicted molar refractivity (Wildman–Crippen MR) is 120 cm³/mol. The molecule has 0 radical (unpaired) electrons. The molecule has 0 aliphatic heterocycles. The molecule has 4 rings (SSSR count). The van der Waals surface area contributed by atoms with E-state index < -0.39 is 0 Å². The Balaban J connectivity index is 1.67. The van der Waals surface area contributed by atoms with Crippen LogP contribution in [0.4, 0.5) is 0 Å². The van der Waals surface area contributed by atoms with Crippen LogP contribution in [0.15, 0.2) is 67.0 Å². The number of nitrogens with zero attached hydrogens (tertiary/aromatic N) is 3. The van der Waals surface area contributed by atoms with Crippen LogP contribution in [-0.2, 0) is 4.79 Å². The highest BCUT2D eigenvalue weighted by atomic mass is 16.1. The van der Waals surface area contributed by atoms with E-state index in [0.717, 1.165) is 28.7 Å². The van der Waals surface area contributed by atoms with Crippen LogP contribution in [0.1, 0.15) is 31.7 Å². The molecular weight excluding hydrogens is 374 g/mol. The molecule has 0 spiro atoms. The van der Waals surface area contributed by atoms with E-state index >= 15 is 0 Å². The number of benzene rings is 2. The van der Waals surface area contributed by atoms with Crippen LogP contribution in [0.5, 0.6) is 0 Å². The number of H-pyrrole nitrogens is 1. The van der Waals surface area contributed by atoms with Gasteiger partial charge in [0.25, 0.3) is 5.91 Å². The lowest BCUT2D eigenvalue weighted by Gasteiger charge is -2.08. The van der Waals surface area contributed by atoms with Crippen LogP contribution in [0.3, 0.4) is 0 Å². The van der Waals surface area contributed by atoms with E-state index in [1.807, 2.05) is 66.9 Å². The smallest absolute Gasteiger partial charge is 0.255 e. The first kappa shape index (κ1) is 19.6. The average Bonchev–Trinajstić information content (AvgIpc) is 3.39. The Labute approximate surface area is 175 Å². The van der Waals surface area contributed by atoms with Crippen molar-refractivity contribution >= 4 is 28.6 Å². The zero-order valence-electron chi connectivity index (χ0n) is 17.2. The number of hydrogen-bond donors (Lipinski definition) is 2. The molecule has 152 valence electrons. The Morgan fingerprint density at radius 3 is 2.67 bits per heavy atom. The van der Waals surface area contributed by atoms with Gasteiger partial charge in [0.05, 0.1) is 28.5 Å². The molecule has 0 aliphatic rings. The van der Waals surface area contributed by atoms with Crippen molar-refractivity contribution in [1.82, 2.24) is 25.1 Å². The van der Waals surface area contributed by atoms with Gasteiger partial charge in [-0.05, 0) is 42.7 Å². The summed E-state index contributed by atoms with van der Waals surface area (Å²) in [4.78, 5) is 20.9. The number of carbonyl (C=O) groups excluding carboxylic acids is 1. The third-order valence-corrected chi connectivity index (χ3v) is 4.83. The van der Waals surface area contributed by atoms with Gasteiger partial charge in [0.1, 0.15) is 5.82 Å². The molecule has 2 heterocycles. The largest absolute Gasteiger partial charge is 0.352 e. The molecule has 0 atom stereocenters. The van der Waals surface area contributed by atoms with Crippen LogP contribution in [0.2, 0.25) is 0 Å². The number of carbonyl (C=O) groups is 1. The fourth-order valence-electron chi connectivity index (χ4n) is 3.19. The highest BCUT2D eigenvalue weighted by Gasteiger charge is 2.17. The van der Waals surface area contributed by atoms with Crippen LogP contribution < -0.4 is 5.32 Å². The van der Waals surface area contributed by atoms with Gasteiger partial charge in [-0.2, -0.15) is 5.10 Å². The standard InChI is InChI=1S/C24H25N5O/c1-17(2)12-13-25-24(30)20(23-27-21-10-6-7-11-22(21)28-23)14-18-15-26-29(16-18)19-8-4-3-5-9-19/h3-11,14-17H,12-13H2,1-2H3,(H,25,30)(H,27,28)/b20-14+. The van der Waals surface area contributed by atoms with Gasteiger partial charge in [0.15, 0.2) is 0 Å². The van der Waals surface area contributed by atoms with Crippen molar-refractivity contribution in [3.8, 4) is 5.69 Å². The van der Waals surface area contributed by atoms with E-state index in [2.05, 4.69) is 34.2 Å². The maximum atomic E-state index is 13.0. The highest BCUT2D eigenvalue weighted by Crippen LogP contribution is 2.20. The number of amides is 1. The molecule has 0 fully saturated rings. The molecule has 0 aliphatic carbocycles. The lowest BCUT2D eigenvalue weighted by molar-refractivity contribution is -0.115. The van der Waals surface area contributed by atoms with Crippen molar-refractivity contribution in [2.45, 2.75) is 20.3 Å². The van der Waals surface area contributed by atoms with Gasteiger partial charge in [0, 0.05) is 18.3 Å². The second-order valence-corrected chi connectivity index (χ2v) is 7.65. The third kappa shape index (κ3) is 4.49. The first-order valence-corrected chi connectivity index (χ1v) is 10.2. The minimum absolute atomic E-state index is 0.151. The second kappa shape index (κ2) is 8.78. The predicted octanol–water partition coefficient (Wildman–Crippen LogP) is 4.45. The fraction of sp³-hybridized carbons (Fsp3) is 0.208. The molecule has 1 amide bonds. The molecule has 6 heteroatoms. The van der Waals surface area contributed by atoms with Crippen molar-refractivity contribution < 1.29 is 4.79 Å². The number of para-hydroxylation sites is 3. The summed E-state index contributed by atoms with van der Waals surface area (Å²) in [6.45, 7) is 4.90. The SMILES string of the molecule is CC(C)CCNC(=O)/C(=C/c1cnn(-c2ccccc2)c1)c1nc2ccccc2[nH]1. The Bertz CT molecular complexity index is 1140. The minimum Gasteiger partial charge on any atom is -0.352 e. The Hall–Kier alpha value is -3.67. The Morgan fingerprint density at radius 1 is 1.13 bits per heavy atom. The summed E-state index contributed by atoms with van der Waals surface area (Å²) in [7, 11) is 0. The second-order valence-electron chi connectivity index (χ2n) is 7.65. The number of aromatic amines is 1. The number of nitrogens with one attached hydrogen (secondary N) is 2. The van der Waals surface area contributed by atoms with Gasteiger partial charge in [-0.25, -0.2) is 9.67 Å². The normalized spacial score (nSPS) is 11.9. The van der Waals surface area contributed by atoms with Gasteiger partial charge in [0.2, 0.25) is 0 Å². The molecule has 0 unspecified atom stereocenters. The molecule has 0 saturated carbocycles. The van der Waals surface area contributed by atoms with Gasteiger partial charge in [-0.15, -0.1) is 0 Å². The van der Waals surface area contributed by atoms with Gasteiger partial charge < -0.3 is 10.3 Å². The Morgan fingerprint density at radius 2 is 1.90 bits per heavy atom. The summed E-state index contributed by atoms with van der Waals surface area (Å²) in [5.74, 6) is 0.918. The maximum absolute atomic E-state index is 13.0. The van der Waals surface area contributed by atoms with Gasteiger partial charge in [-0.1, -0.05) is 44.2 Å². The Kier molecular flexibility index (Phi) is 5.75. The lowest BCUT2D eigenvalue weighted by Crippen LogP contribution is -2.26. The highest BCUT2D eigenvalue weighted by molar-refractivity contribution is 6.23. The van der Waals surface area contributed by atoms with E-state index in [0.29, 0.717) is 23.9 Å². The van der Waals surface area contributed by atoms with Crippen molar-refractivity contribution in [3.63, 3.8) is 0 Å². The molecular formula is C24H25N5O. The lowest BCUT2D eigenvalue weighted by atomic mass is 10.1. The number of fused-ring (bicyclic) bond motifs is 1. The van der Waals surface area contributed by atoms with E-state index in [4.69, 9.17) is 0 Å². The van der Waals surface area contributed by atoms with E-state index in [1.54, 1.807) is 10.9 Å². The number of rotatable bonds is 7. The van der Waals surface area contributed by atoms with Crippen LogP contribution in [0, 0.1) is 5.92 Å². The molecule has 30 heavy (non-hydrogen) atoms. The summed E-state index contributed by atoms with van der Waals surface area (Å²) in [6.07, 6.45) is 6.40. The van der Waals surface area contributed by atoms with Gasteiger partial charge in [-0.3, -0.25) is 4.79 Å². The van der Waals surface area contributed by atoms with Crippen LogP contribution in [-0.4, -0.2) is 32.2 Å². The molecule has 6 nitrogen and oxygen atoms in total. The zero-order valence-corrected chi connectivity index (χ0v) is 17.2. The number of imidazole rings is 1.